The molecule has 10 nitrogen and oxygen atoms in total. The fourth-order valence-electron chi connectivity index (χ4n) is 1.05. The van der Waals surface area contributed by atoms with Crippen LogP contribution in [0.1, 0.15) is 83.5 Å². The highest BCUT2D eigenvalue weighted by molar-refractivity contribution is 5.72. The van der Waals surface area contributed by atoms with Crippen LogP contribution in [-0.2, 0) is 19.1 Å². The van der Waals surface area contributed by atoms with Gasteiger partial charge in [0.1, 0.15) is 0 Å². The van der Waals surface area contributed by atoms with E-state index in [1.54, 1.807) is 0 Å². The predicted molar refractivity (Wildman–Crippen MR) is 100 cm³/mol. The van der Waals surface area contributed by atoms with Crippen molar-refractivity contribution in [3.05, 3.63) is 20.2 Å². The molecule has 0 saturated heterocycles. The Labute approximate surface area is 183 Å². The Kier molecular flexibility index (Phi) is 4.42. The standard InChI is InChI=1S/2C8H15NO4.CH4/c2*1-6(7(10)13-4)5-8(2,3)9(11)12;/h2*6H,5H2,1-4H3;1H4/t6-;;/m0../s1/i2*1D3,4D3,5D2;. The summed E-state index contributed by atoms with van der Waals surface area (Å²) in [6, 6.07) is 0. The molecule has 0 aliphatic carbocycles. The van der Waals surface area contributed by atoms with E-state index in [-0.39, 0.29) is 7.43 Å². The number of methoxy groups -OCH3 is 2. The number of nitro groups is 2. The van der Waals surface area contributed by atoms with Crippen molar-refractivity contribution in [2.45, 2.75) is 72.6 Å². The summed E-state index contributed by atoms with van der Waals surface area (Å²) < 4.78 is 122. The second kappa shape index (κ2) is 12.2. The van der Waals surface area contributed by atoms with Gasteiger partial charge in [-0.1, -0.05) is 21.1 Å². The SMILES string of the molecule is C.[2H]C([2H])([2H])OC(=O)C(C([2H])([2H])[2H])C([2H])([2H])C(C)(C)[N+](=O)[O-].[2H]C([2H])([2H])OC(=O)[C@@H](C([2H])([2H])[2H])C([2H])([2H])C(C)(C)[N+](=O)[O-]. The number of hydrogen-bond donors (Lipinski definition) is 0. The lowest BCUT2D eigenvalue weighted by atomic mass is 9.92. The molecular formula is C17H34N2O8. The summed E-state index contributed by atoms with van der Waals surface area (Å²) in [5.41, 5.74) is -4.92. The van der Waals surface area contributed by atoms with Gasteiger partial charge in [0.2, 0.25) is 11.1 Å². The average Bonchev–Trinajstić information content (AvgIpc) is 2.61. The first-order chi connectivity index (χ1) is 17.9. The van der Waals surface area contributed by atoms with Gasteiger partial charge in [-0.25, -0.2) is 0 Å². The molecule has 0 N–H and O–H groups in total. The number of hydrogen-bond acceptors (Lipinski definition) is 8. The molecule has 0 heterocycles. The van der Waals surface area contributed by atoms with Crippen LogP contribution in [0.5, 0.6) is 0 Å². The van der Waals surface area contributed by atoms with E-state index in [0.717, 1.165) is 27.7 Å². The molecule has 0 spiro atoms. The summed E-state index contributed by atoms with van der Waals surface area (Å²) in [6.07, 6.45) is -6.35. The van der Waals surface area contributed by atoms with Crippen LogP contribution >= 0.6 is 0 Å². The number of esters is 2. The van der Waals surface area contributed by atoms with Crippen LogP contribution in [0.2, 0.25) is 0 Å². The maximum atomic E-state index is 11.7. The summed E-state index contributed by atoms with van der Waals surface area (Å²) in [6.45, 7) is -3.44. The van der Waals surface area contributed by atoms with Gasteiger partial charge in [0, 0.05) is 64.0 Å². The molecule has 0 aromatic heterocycles. The van der Waals surface area contributed by atoms with Crippen LogP contribution in [0.3, 0.4) is 0 Å². The van der Waals surface area contributed by atoms with Gasteiger partial charge in [-0.3, -0.25) is 29.8 Å². The summed E-state index contributed by atoms with van der Waals surface area (Å²) in [7, 11) is -6.56. The first-order valence-electron chi connectivity index (χ1n) is 14.6. The quantitative estimate of drug-likeness (QED) is 0.338. The van der Waals surface area contributed by atoms with Gasteiger partial charge in [0.05, 0.1) is 34.1 Å². The van der Waals surface area contributed by atoms with Gasteiger partial charge in [0.25, 0.3) is 0 Å². The number of nitrogens with zero attached hydrogens (tertiary/aromatic N) is 2. The molecule has 160 valence electrons. The molecule has 0 aromatic rings. The Hall–Kier alpha value is -2.26. The minimum atomic E-state index is -3.32. The minimum Gasteiger partial charge on any atom is -0.469 e. The maximum absolute atomic E-state index is 11.7. The van der Waals surface area contributed by atoms with Gasteiger partial charge in [-0.2, -0.15) is 0 Å². The zero-order valence-corrected chi connectivity index (χ0v) is 14.3. The van der Waals surface area contributed by atoms with Crippen molar-refractivity contribution in [1.29, 1.82) is 0 Å². The monoisotopic (exact) mass is 410 g/mol. The molecule has 0 aromatic carbocycles. The predicted octanol–water partition coefficient (Wildman–Crippen LogP) is 3.12. The smallest absolute Gasteiger partial charge is 0.308 e. The highest BCUT2D eigenvalue weighted by Gasteiger charge is 2.36. The number of ether oxygens (including phenoxy) is 2. The van der Waals surface area contributed by atoms with E-state index in [2.05, 4.69) is 9.47 Å². The first-order valence-corrected chi connectivity index (χ1v) is 6.63. The second-order valence-corrected chi connectivity index (χ2v) is 5.63. The Morgan fingerprint density at radius 3 is 1.41 bits per heavy atom. The third-order valence-electron chi connectivity index (χ3n) is 2.58. The van der Waals surface area contributed by atoms with Crippen molar-refractivity contribution in [3.63, 3.8) is 0 Å². The van der Waals surface area contributed by atoms with E-state index in [0.29, 0.717) is 0 Å². The van der Waals surface area contributed by atoms with Gasteiger partial charge < -0.3 is 9.47 Å². The normalized spacial score (nSPS) is 24.7. The lowest BCUT2D eigenvalue weighted by molar-refractivity contribution is -0.562. The van der Waals surface area contributed by atoms with E-state index in [9.17, 15) is 29.8 Å². The number of carbonyl (C=O) groups is 2. The lowest BCUT2D eigenvalue weighted by Crippen LogP contribution is -2.35. The lowest BCUT2D eigenvalue weighted by Gasteiger charge is -2.18. The summed E-state index contributed by atoms with van der Waals surface area (Å²) in [5.74, 6) is -9.00. The second-order valence-electron chi connectivity index (χ2n) is 5.63. The van der Waals surface area contributed by atoms with Crippen molar-refractivity contribution < 1.29 is 50.8 Å². The summed E-state index contributed by atoms with van der Waals surface area (Å²) in [4.78, 5) is 43.1. The van der Waals surface area contributed by atoms with Crippen LogP contribution in [0.4, 0.5) is 0 Å². The highest BCUT2D eigenvalue weighted by Crippen LogP contribution is 2.21. The molecule has 0 rings (SSSR count). The molecule has 1 unspecified atom stereocenters. The molecule has 0 aliphatic heterocycles. The Bertz CT molecular complexity index is 935. The van der Waals surface area contributed by atoms with Gasteiger partial charge in [0.15, 0.2) is 0 Å². The van der Waals surface area contributed by atoms with E-state index < -0.39 is 85.2 Å². The highest BCUT2D eigenvalue weighted by atomic mass is 16.6. The molecule has 0 bridgehead atoms. The van der Waals surface area contributed by atoms with Crippen molar-refractivity contribution in [2.75, 3.05) is 14.1 Å². The largest absolute Gasteiger partial charge is 0.469 e. The van der Waals surface area contributed by atoms with Crippen LogP contribution in [0.25, 0.3) is 0 Å². The molecule has 0 fully saturated rings. The number of rotatable bonds is 8. The van der Waals surface area contributed by atoms with E-state index in [1.165, 1.54) is 0 Å². The zero-order chi connectivity index (χ0) is 34.9. The topological polar surface area (TPSA) is 139 Å². The van der Waals surface area contributed by atoms with Crippen LogP contribution in [0.15, 0.2) is 0 Å². The first kappa shape index (κ1) is 9.79. The Morgan fingerprint density at radius 1 is 0.926 bits per heavy atom. The minimum absolute atomic E-state index is 0. The van der Waals surface area contributed by atoms with Crippen molar-refractivity contribution in [3.8, 4) is 0 Å². The average molecular weight is 411 g/mol. The molecule has 0 amide bonds. The Balaban J connectivity index is -0.000000727. The molecule has 0 saturated carbocycles. The van der Waals surface area contributed by atoms with Crippen molar-refractivity contribution >= 4 is 11.9 Å². The Morgan fingerprint density at radius 2 is 1.22 bits per heavy atom. The van der Waals surface area contributed by atoms with Crippen LogP contribution in [-0.4, -0.2) is 46.9 Å². The van der Waals surface area contributed by atoms with Gasteiger partial charge in [-0.15, -0.1) is 0 Å². The molecule has 0 aliphatic rings. The fraction of sp³-hybridized carbons (Fsp3) is 0.882. The molecular weight excluding hydrogens is 360 g/mol. The molecule has 0 radical (unpaired) electrons. The van der Waals surface area contributed by atoms with Gasteiger partial charge in [-0.05, 0) is 0 Å². The fourth-order valence-corrected chi connectivity index (χ4v) is 1.05. The maximum Gasteiger partial charge on any atom is 0.308 e. The van der Waals surface area contributed by atoms with Crippen molar-refractivity contribution in [1.82, 2.24) is 0 Å². The van der Waals surface area contributed by atoms with Gasteiger partial charge >= 0.3 is 11.9 Å². The van der Waals surface area contributed by atoms with Crippen LogP contribution in [0, 0.1) is 32.1 Å². The molecule has 10 heteroatoms. The van der Waals surface area contributed by atoms with E-state index >= 15 is 0 Å². The molecule has 27 heavy (non-hydrogen) atoms. The summed E-state index contributed by atoms with van der Waals surface area (Å²) >= 11 is 0. The van der Waals surface area contributed by atoms with E-state index in [1.807, 2.05) is 0 Å². The molecule has 2 atom stereocenters. The van der Waals surface area contributed by atoms with Crippen molar-refractivity contribution in [2.24, 2.45) is 11.8 Å². The zero-order valence-electron chi connectivity index (χ0n) is 30.3. The van der Waals surface area contributed by atoms with Crippen LogP contribution < -0.4 is 0 Å². The van der Waals surface area contributed by atoms with E-state index in [4.69, 9.17) is 21.9 Å². The third-order valence-corrected chi connectivity index (χ3v) is 2.58. The number of carbonyl (C=O) groups excluding carboxylic acids is 2. The third kappa shape index (κ3) is 11.1. The summed E-state index contributed by atoms with van der Waals surface area (Å²) in [5, 5.41) is 21.9.